The molecule has 1 aromatic carbocycles. The van der Waals surface area contributed by atoms with E-state index in [1.807, 2.05) is 0 Å². The van der Waals surface area contributed by atoms with Gasteiger partial charge in [-0.2, -0.15) is 5.10 Å². The first-order chi connectivity index (χ1) is 14.4. The lowest BCUT2D eigenvalue weighted by molar-refractivity contribution is -0.384. The SMILES string of the molecule is CCC(C)(C)C1CCc2sc3ncnc(N/N=C/c4cccc([N+](=O)[O-])c4)c3c2C1. The molecule has 0 bridgehead atoms. The van der Waals surface area contributed by atoms with Crippen molar-refractivity contribution in [1.82, 2.24) is 9.97 Å². The summed E-state index contributed by atoms with van der Waals surface area (Å²) in [7, 11) is 0. The number of anilines is 1. The van der Waals surface area contributed by atoms with Crippen LogP contribution in [0.5, 0.6) is 0 Å². The molecule has 8 heteroatoms. The first kappa shape index (κ1) is 20.4. The summed E-state index contributed by atoms with van der Waals surface area (Å²) in [6.07, 6.45) is 7.62. The van der Waals surface area contributed by atoms with Crippen molar-refractivity contribution in [2.75, 3.05) is 5.43 Å². The number of hydrogen-bond donors (Lipinski definition) is 1. The molecule has 0 saturated carbocycles. The summed E-state index contributed by atoms with van der Waals surface area (Å²) in [6, 6.07) is 6.38. The molecule has 1 aliphatic carbocycles. The molecule has 0 aliphatic heterocycles. The Morgan fingerprint density at radius 2 is 2.23 bits per heavy atom. The minimum absolute atomic E-state index is 0.0415. The van der Waals surface area contributed by atoms with E-state index in [2.05, 4.69) is 41.3 Å². The van der Waals surface area contributed by atoms with Crippen molar-refractivity contribution in [3.8, 4) is 0 Å². The van der Waals surface area contributed by atoms with Crippen LogP contribution in [0.15, 0.2) is 35.7 Å². The number of thiophene rings is 1. The van der Waals surface area contributed by atoms with E-state index in [4.69, 9.17) is 0 Å². The second-order valence-electron chi connectivity index (χ2n) is 8.41. The third-order valence-electron chi connectivity index (χ3n) is 6.32. The average molecular weight is 424 g/mol. The van der Waals surface area contributed by atoms with Gasteiger partial charge in [0.2, 0.25) is 0 Å². The highest BCUT2D eigenvalue weighted by molar-refractivity contribution is 7.19. The van der Waals surface area contributed by atoms with Crippen LogP contribution in [0.3, 0.4) is 0 Å². The maximum absolute atomic E-state index is 11.0. The standard InChI is InChI=1S/C22H25N5O2S/c1-4-22(2,3)15-8-9-18-17(11-15)19-20(23-13-24-21(19)30-18)26-25-12-14-6-5-7-16(10-14)27(28)29/h5-7,10,12-13,15H,4,8-9,11H2,1-3H3,(H,23,24,26)/b25-12+. The molecule has 30 heavy (non-hydrogen) atoms. The van der Waals surface area contributed by atoms with E-state index in [0.29, 0.717) is 22.7 Å². The van der Waals surface area contributed by atoms with E-state index in [1.54, 1.807) is 36.0 Å². The van der Waals surface area contributed by atoms with Crippen molar-refractivity contribution in [3.05, 3.63) is 56.7 Å². The molecule has 1 N–H and O–H groups in total. The van der Waals surface area contributed by atoms with Crippen LogP contribution in [0.2, 0.25) is 0 Å². The summed E-state index contributed by atoms with van der Waals surface area (Å²) in [6.45, 7) is 6.98. The smallest absolute Gasteiger partial charge is 0.261 e. The summed E-state index contributed by atoms with van der Waals surface area (Å²) in [5.41, 5.74) is 5.39. The molecule has 3 aromatic rings. The van der Waals surface area contributed by atoms with Crippen LogP contribution in [-0.2, 0) is 12.8 Å². The summed E-state index contributed by atoms with van der Waals surface area (Å²) < 4.78 is 0. The molecule has 0 amide bonds. The van der Waals surface area contributed by atoms with Crippen LogP contribution < -0.4 is 5.43 Å². The number of benzene rings is 1. The number of hydrogen-bond acceptors (Lipinski definition) is 7. The Labute approximate surface area is 179 Å². The second kappa shape index (κ2) is 8.10. The van der Waals surface area contributed by atoms with Gasteiger partial charge in [0.1, 0.15) is 11.2 Å². The number of nitrogens with one attached hydrogen (secondary N) is 1. The Hall–Kier alpha value is -2.87. The minimum Gasteiger partial charge on any atom is -0.261 e. The van der Waals surface area contributed by atoms with Gasteiger partial charge >= 0.3 is 0 Å². The van der Waals surface area contributed by atoms with E-state index >= 15 is 0 Å². The quantitative estimate of drug-likeness (QED) is 0.317. The molecule has 0 spiro atoms. The predicted molar refractivity (Wildman–Crippen MR) is 121 cm³/mol. The molecular formula is C22H25N5O2S. The lowest BCUT2D eigenvalue weighted by Gasteiger charge is -2.36. The number of fused-ring (bicyclic) bond motifs is 3. The number of nitro benzene ring substituents is 1. The van der Waals surface area contributed by atoms with Gasteiger partial charge in [-0.05, 0) is 36.2 Å². The number of hydrazone groups is 1. The van der Waals surface area contributed by atoms with Crippen LogP contribution in [0.25, 0.3) is 10.2 Å². The van der Waals surface area contributed by atoms with Crippen molar-refractivity contribution in [2.45, 2.75) is 46.5 Å². The molecule has 1 atom stereocenters. The predicted octanol–water partition coefficient (Wildman–Crippen LogP) is 5.59. The number of rotatable bonds is 6. The molecule has 2 aromatic heterocycles. The van der Waals surface area contributed by atoms with Gasteiger partial charge in [0.05, 0.1) is 16.5 Å². The van der Waals surface area contributed by atoms with E-state index < -0.39 is 4.92 Å². The minimum atomic E-state index is -0.412. The fourth-order valence-electron chi connectivity index (χ4n) is 4.04. The molecule has 1 unspecified atom stereocenters. The molecule has 0 saturated heterocycles. The fraction of sp³-hybridized carbons (Fsp3) is 0.409. The van der Waals surface area contributed by atoms with Gasteiger partial charge in [-0.3, -0.25) is 15.5 Å². The van der Waals surface area contributed by atoms with Gasteiger partial charge in [0.25, 0.3) is 5.69 Å². The van der Waals surface area contributed by atoms with Crippen molar-refractivity contribution in [2.24, 2.45) is 16.4 Å². The molecule has 4 rings (SSSR count). The van der Waals surface area contributed by atoms with Gasteiger partial charge in [-0.25, -0.2) is 9.97 Å². The summed E-state index contributed by atoms with van der Waals surface area (Å²) in [5.74, 6) is 1.32. The Kier molecular flexibility index (Phi) is 5.51. The number of aromatic nitrogens is 2. The van der Waals surface area contributed by atoms with E-state index in [1.165, 1.54) is 29.0 Å². The highest BCUT2D eigenvalue weighted by Crippen LogP contribution is 2.45. The summed E-state index contributed by atoms with van der Waals surface area (Å²) >= 11 is 1.75. The summed E-state index contributed by atoms with van der Waals surface area (Å²) in [5, 5.41) is 16.3. The molecule has 2 heterocycles. The number of nitrogens with zero attached hydrogens (tertiary/aromatic N) is 4. The largest absolute Gasteiger partial charge is 0.270 e. The zero-order valence-corrected chi connectivity index (χ0v) is 18.2. The lowest BCUT2D eigenvalue weighted by Crippen LogP contribution is -2.28. The van der Waals surface area contributed by atoms with Gasteiger partial charge < -0.3 is 0 Å². The normalized spacial score (nSPS) is 16.7. The van der Waals surface area contributed by atoms with Gasteiger partial charge in [0, 0.05) is 22.6 Å². The summed E-state index contributed by atoms with van der Waals surface area (Å²) in [4.78, 5) is 21.9. The van der Waals surface area contributed by atoms with Gasteiger partial charge in [-0.1, -0.05) is 39.3 Å². The Balaban J connectivity index is 1.62. The van der Waals surface area contributed by atoms with Gasteiger partial charge in [0.15, 0.2) is 5.82 Å². The van der Waals surface area contributed by atoms with Crippen LogP contribution in [-0.4, -0.2) is 21.1 Å². The fourth-order valence-corrected chi connectivity index (χ4v) is 5.22. The second-order valence-corrected chi connectivity index (χ2v) is 9.49. The zero-order chi connectivity index (χ0) is 21.3. The Bertz CT molecular complexity index is 1120. The molecular weight excluding hydrogens is 398 g/mol. The van der Waals surface area contributed by atoms with Crippen molar-refractivity contribution in [1.29, 1.82) is 0 Å². The average Bonchev–Trinajstić information content (AvgIpc) is 3.12. The van der Waals surface area contributed by atoms with E-state index in [9.17, 15) is 10.1 Å². The molecule has 0 fully saturated rings. The molecule has 1 aliphatic rings. The lowest BCUT2D eigenvalue weighted by atomic mass is 9.69. The van der Waals surface area contributed by atoms with Crippen LogP contribution in [0, 0.1) is 21.4 Å². The van der Waals surface area contributed by atoms with E-state index in [0.717, 1.165) is 29.5 Å². The molecule has 7 nitrogen and oxygen atoms in total. The van der Waals surface area contributed by atoms with Crippen LogP contribution >= 0.6 is 11.3 Å². The van der Waals surface area contributed by atoms with Crippen LogP contribution in [0.1, 0.15) is 49.6 Å². The Morgan fingerprint density at radius 3 is 3.00 bits per heavy atom. The van der Waals surface area contributed by atoms with Gasteiger partial charge in [-0.15, -0.1) is 11.3 Å². The monoisotopic (exact) mass is 423 g/mol. The third-order valence-corrected chi connectivity index (χ3v) is 7.52. The molecule has 156 valence electrons. The first-order valence-electron chi connectivity index (χ1n) is 10.2. The van der Waals surface area contributed by atoms with Crippen LogP contribution in [0.4, 0.5) is 11.5 Å². The highest BCUT2D eigenvalue weighted by Gasteiger charge is 2.33. The highest BCUT2D eigenvalue weighted by atomic mass is 32.1. The van der Waals surface area contributed by atoms with E-state index in [-0.39, 0.29) is 5.69 Å². The first-order valence-corrected chi connectivity index (χ1v) is 11.0. The zero-order valence-electron chi connectivity index (χ0n) is 17.4. The van der Waals surface area contributed by atoms with Crippen molar-refractivity contribution >= 4 is 39.3 Å². The van der Waals surface area contributed by atoms with Crippen molar-refractivity contribution in [3.63, 3.8) is 0 Å². The molecule has 0 radical (unpaired) electrons. The number of aryl methyl sites for hydroxylation is 1. The maximum atomic E-state index is 11.0. The Morgan fingerprint density at radius 1 is 1.40 bits per heavy atom. The number of non-ortho nitro benzene ring substituents is 1. The maximum Gasteiger partial charge on any atom is 0.270 e. The van der Waals surface area contributed by atoms with Crippen molar-refractivity contribution < 1.29 is 4.92 Å². The third kappa shape index (κ3) is 3.92. The topological polar surface area (TPSA) is 93.3 Å². The number of nitro groups is 1.